The number of phenolic OH excluding ortho intramolecular Hbond substituents is 1. The molecule has 2 amide bonds. The molecule has 2 unspecified atom stereocenters. The van der Waals surface area contributed by atoms with Gasteiger partial charge in [0.2, 0.25) is 11.8 Å². The van der Waals surface area contributed by atoms with Crippen LogP contribution in [0.4, 0.5) is 19.0 Å². The maximum atomic E-state index is 16.8. The van der Waals surface area contributed by atoms with Crippen LogP contribution >= 0.6 is 0 Å². The molecular weight excluding hydrogens is 587 g/mol. The highest BCUT2D eigenvalue weighted by molar-refractivity contribution is 6.07. The van der Waals surface area contributed by atoms with Crippen LogP contribution in [-0.4, -0.2) is 72.1 Å². The van der Waals surface area contributed by atoms with Crippen molar-refractivity contribution in [3.05, 3.63) is 53.3 Å². The molecule has 12 heteroatoms. The lowest BCUT2D eigenvalue weighted by atomic mass is 9.91. The van der Waals surface area contributed by atoms with Gasteiger partial charge in [0.1, 0.15) is 28.7 Å². The van der Waals surface area contributed by atoms with Gasteiger partial charge in [-0.1, -0.05) is 13.0 Å². The van der Waals surface area contributed by atoms with Gasteiger partial charge in [-0.05, 0) is 79.5 Å². The maximum absolute atomic E-state index is 16.8. The Morgan fingerprint density at radius 2 is 1.76 bits per heavy atom. The topological polar surface area (TPSA) is 108 Å². The second-order valence-corrected chi connectivity index (χ2v) is 12.7. The summed E-state index contributed by atoms with van der Waals surface area (Å²) in [7, 11) is 3.94. The number of hydrogen-bond donors (Lipinski definition) is 2. The van der Waals surface area contributed by atoms with Crippen LogP contribution in [0.2, 0.25) is 0 Å². The number of nitrogens with zero attached hydrogens (tertiary/aromatic N) is 4. The number of carbonyl (C=O) groups is 2. The number of benzene rings is 3. The SMILES string of the molecule is CCc1c(F)ccc2cc(O)cc(-c3c(F)cc4c(N5CC6C(=O)NC(=O)C6C5)nc(OCC5(CN(C)C)CC5)nc4c3F)c12. The quantitative estimate of drug-likeness (QED) is 0.277. The molecule has 2 N–H and O–H groups in total. The van der Waals surface area contributed by atoms with E-state index in [0.29, 0.717) is 5.39 Å². The number of rotatable bonds is 8. The number of fused-ring (bicyclic) bond motifs is 3. The summed E-state index contributed by atoms with van der Waals surface area (Å²) in [5.41, 5.74) is -0.552. The number of halogens is 3. The van der Waals surface area contributed by atoms with Crippen molar-refractivity contribution in [1.29, 1.82) is 0 Å². The van der Waals surface area contributed by atoms with Crippen molar-refractivity contribution in [3.8, 4) is 22.9 Å². The van der Waals surface area contributed by atoms with E-state index < -0.39 is 46.7 Å². The second-order valence-electron chi connectivity index (χ2n) is 12.7. The van der Waals surface area contributed by atoms with Gasteiger partial charge in [0, 0.05) is 30.4 Å². The summed E-state index contributed by atoms with van der Waals surface area (Å²) in [6.07, 6.45) is 2.15. The fraction of sp³-hybridized carbons (Fsp3) is 0.394. The second kappa shape index (κ2) is 10.6. The van der Waals surface area contributed by atoms with E-state index >= 15 is 8.78 Å². The number of nitrogens with one attached hydrogen (secondary N) is 1. The normalized spacial score (nSPS) is 20.4. The standard InChI is InChI=1S/C33H32F3N5O4/c1-4-18-23(34)6-5-16-9-17(42)10-19(25(16)18)26-24(35)11-20-28(27(26)36)37-32(45-15-33(7-8-33)14-40(2)3)38-29(20)41-12-21-22(13-41)31(44)39-30(21)43/h5-6,9-11,21-22,42H,4,7-8,12-15H2,1-3H3,(H,39,43,44). The molecule has 9 nitrogen and oxygen atoms in total. The zero-order chi connectivity index (χ0) is 31.8. The molecule has 1 saturated carbocycles. The minimum atomic E-state index is -1.03. The van der Waals surface area contributed by atoms with E-state index in [0.717, 1.165) is 25.5 Å². The number of aromatic hydroxyl groups is 1. The predicted molar refractivity (Wildman–Crippen MR) is 161 cm³/mol. The molecule has 4 aromatic rings. The van der Waals surface area contributed by atoms with Crippen molar-refractivity contribution < 1.29 is 32.6 Å². The highest BCUT2D eigenvalue weighted by Gasteiger charge is 2.49. The molecule has 1 aliphatic carbocycles. The van der Waals surface area contributed by atoms with E-state index in [1.54, 1.807) is 11.8 Å². The number of imide groups is 1. The Bertz CT molecular complexity index is 1890. The molecule has 234 valence electrons. The third-order valence-electron chi connectivity index (χ3n) is 9.27. The van der Waals surface area contributed by atoms with E-state index in [1.807, 2.05) is 14.1 Å². The zero-order valence-corrected chi connectivity index (χ0v) is 25.1. The van der Waals surface area contributed by atoms with Crippen LogP contribution in [0.3, 0.4) is 0 Å². The van der Waals surface area contributed by atoms with Gasteiger partial charge in [-0.25, -0.2) is 13.2 Å². The Morgan fingerprint density at radius 3 is 2.40 bits per heavy atom. The van der Waals surface area contributed by atoms with Crippen molar-refractivity contribution in [2.45, 2.75) is 26.2 Å². The van der Waals surface area contributed by atoms with Gasteiger partial charge in [-0.3, -0.25) is 14.9 Å². The Kier molecular flexibility index (Phi) is 6.88. The third kappa shape index (κ3) is 4.91. The molecule has 2 atom stereocenters. The lowest BCUT2D eigenvalue weighted by molar-refractivity contribution is -0.126. The number of carbonyl (C=O) groups excluding carboxylic acids is 2. The smallest absolute Gasteiger partial charge is 0.319 e. The molecule has 7 rings (SSSR count). The van der Waals surface area contributed by atoms with Gasteiger partial charge in [0.05, 0.1) is 24.0 Å². The van der Waals surface area contributed by atoms with Crippen molar-refractivity contribution in [1.82, 2.24) is 20.2 Å². The fourth-order valence-electron chi connectivity index (χ4n) is 6.98. The van der Waals surface area contributed by atoms with E-state index in [2.05, 4.69) is 20.2 Å². The molecule has 2 aliphatic heterocycles. The van der Waals surface area contributed by atoms with Crippen molar-refractivity contribution in [3.63, 3.8) is 0 Å². The van der Waals surface area contributed by atoms with Crippen LogP contribution in [-0.2, 0) is 16.0 Å². The number of ether oxygens (including phenoxy) is 1. The molecule has 0 radical (unpaired) electrons. The predicted octanol–water partition coefficient (Wildman–Crippen LogP) is 4.56. The average molecular weight is 620 g/mol. The van der Waals surface area contributed by atoms with Crippen LogP contribution < -0.4 is 15.0 Å². The Balaban J connectivity index is 1.41. The molecule has 0 spiro atoms. The zero-order valence-electron chi connectivity index (χ0n) is 25.1. The summed E-state index contributed by atoms with van der Waals surface area (Å²) in [4.78, 5) is 37.5. The fourth-order valence-corrected chi connectivity index (χ4v) is 6.98. The number of aryl methyl sites for hydroxylation is 1. The number of amides is 2. The number of hydrogen-bond acceptors (Lipinski definition) is 8. The van der Waals surface area contributed by atoms with Gasteiger partial charge in [0.25, 0.3) is 0 Å². The number of aromatic nitrogens is 2. The Morgan fingerprint density at radius 1 is 1.04 bits per heavy atom. The van der Waals surface area contributed by atoms with Crippen LogP contribution in [0, 0.1) is 34.7 Å². The minimum absolute atomic E-state index is 0.0123. The molecule has 3 heterocycles. The summed E-state index contributed by atoms with van der Waals surface area (Å²) in [6, 6.07) is 6.35. The third-order valence-corrected chi connectivity index (χ3v) is 9.27. The maximum Gasteiger partial charge on any atom is 0.319 e. The molecule has 1 aromatic heterocycles. The first kappa shape index (κ1) is 29.3. The van der Waals surface area contributed by atoms with Gasteiger partial charge >= 0.3 is 6.01 Å². The van der Waals surface area contributed by atoms with E-state index in [4.69, 9.17) is 4.74 Å². The highest BCUT2D eigenvalue weighted by Crippen LogP contribution is 2.47. The first-order chi connectivity index (χ1) is 21.5. The summed E-state index contributed by atoms with van der Waals surface area (Å²) in [5.74, 6) is -4.62. The van der Waals surface area contributed by atoms with Gasteiger partial charge in [0.15, 0.2) is 5.82 Å². The average Bonchev–Trinajstić information content (AvgIpc) is 3.49. The Labute approximate surface area is 257 Å². The van der Waals surface area contributed by atoms with Crippen molar-refractivity contribution in [2.24, 2.45) is 17.3 Å². The first-order valence-electron chi connectivity index (χ1n) is 15.0. The van der Waals surface area contributed by atoms with Gasteiger partial charge in [-0.15, -0.1) is 0 Å². The van der Waals surface area contributed by atoms with E-state index in [-0.39, 0.29) is 76.5 Å². The molecule has 2 saturated heterocycles. The monoisotopic (exact) mass is 619 g/mol. The lowest BCUT2D eigenvalue weighted by Crippen LogP contribution is -2.32. The van der Waals surface area contributed by atoms with Crippen LogP contribution in [0.5, 0.6) is 11.8 Å². The molecule has 3 fully saturated rings. The van der Waals surface area contributed by atoms with Crippen LogP contribution in [0.25, 0.3) is 32.8 Å². The van der Waals surface area contributed by atoms with E-state index in [9.17, 15) is 19.1 Å². The van der Waals surface area contributed by atoms with Gasteiger partial charge < -0.3 is 19.6 Å². The van der Waals surface area contributed by atoms with Crippen LogP contribution in [0.15, 0.2) is 30.3 Å². The van der Waals surface area contributed by atoms with E-state index in [1.165, 1.54) is 24.3 Å². The van der Waals surface area contributed by atoms with Gasteiger partial charge in [-0.2, -0.15) is 9.97 Å². The molecule has 3 aromatic carbocycles. The first-order valence-corrected chi connectivity index (χ1v) is 15.0. The van der Waals surface area contributed by atoms with Crippen molar-refractivity contribution in [2.75, 3.05) is 45.2 Å². The summed E-state index contributed by atoms with van der Waals surface area (Å²) >= 11 is 0. The molecular formula is C33H32F3N5O4. The largest absolute Gasteiger partial charge is 0.508 e. The number of anilines is 1. The number of phenols is 1. The van der Waals surface area contributed by atoms with Crippen LogP contribution in [0.1, 0.15) is 25.3 Å². The Hall–Kier alpha value is -4.45. The molecule has 45 heavy (non-hydrogen) atoms. The minimum Gasteiger partial charge on any atom is -0.508 e. The highest BCUT2D eigenvalue weighted by atomic mass is 19.1. The molecule has 0 bridgehead atoms. The summed E-state index contributed by atoms with van der Waals surface area (Å²) in [5, 5.41) is 13.6. The summed E-state index contributed by atoms with van der Waals surface area (Å²) < 4.78 is 53.9. The molecule has 3 aliphatic rings. The van der Waals surface area contributed by atoms with Crippen molar-refractivity contribution >= 4 is 39.3 Å². The lowest BCUT2D eigenvalue weighted by Gasteiger charge is -2.23. The summed E-state index contributed by atoms with van der Waals surface area (Å²) in [6.45, 7) is 3.06.